The summed E-state index contributed by atoms with van der Waals surface area (Å²) >= 11 is 12.6. The number of hydrogen-bond acceptors (Lipinski definition) is 4. The molecule has 6 nitrogen and oxygen atoms in total. The average molecular weight is 504 g/mol. The summed E-state index contributed by atoms with van der Waals surface area (Å²) in [6.07, 6.45) is 1.53. The zero-order valence-electron chi connectivity index (χ0n) is 19.7. The number of carbonyl (C=O) groups excluding carboxylic acids is 2. The van der Waals surface area contributed by atoms with Crippen molar-refractivity contribution in [2.45, 2.75) is 70.7 Å². The zero-order chi connectivity index (χ0) is 24.5. The van der Waals surface area contributed by atoms with E-state index in [1.54, 1.807) is 0 Å². The lowest BCUT2D eigenvalue weighted by Crippen LogP contribution is -2.56. The Balaban J connectivity index is 1.83. The lowest BCUT2D eigenvalue weighted by Gasteiger charge is -2.52. The maximum absolute atomic E-state index is 14.3. The fourth-order valence-electron chi connectivity index (χ4n) is 5.48. The van der Waals surface area contributed by atoms with Crippen LogP contribution in [0.25, 0.3) is 0 Å². The molecule has 0 saturated carbocycles. The largest absolute Gasteiger partial charge is 0.428 e. The number of halogens is 2. The van der Waals surface area contributed by atoms with Crippen LogP contribution < -0.4 is 10.9 Å². The van der Waals surface area contributed by atoms with Gasteiger partial charge in [0, 0.05) is 28.4 Å². The second-order valence-corrected chi connectivity index (χ2v) is 10.3. The van der Waals surface area contributed by atoms with Gasteiger partial charge in [-0.05, 0) is 54.7 Å². The summed E-state index contributed by atoms with van der Waals surface area (Å²) in [4.78, 5) is 27.9. The van der Waals surface area contributed by atoms with Crippen molar-refractivity contribution in [1.82, 2.24) is 15.8 Å². The van der Waals surface area contributed by atoms with Gasteiger partial charge in [-0.1, -0.05) is 68.2 Å². The molecule has 182 valence electrons. The number of nitrogens with zero attached hydrogens (tertiary/aromatic N) is 1. The van der Waals surface area contributed by atoms with Gasteiger partial charge in [-0.15, -0.1) is 0 Å². The molecule has 2 heterocycles. The van der Waals surface area contributed by atoms with Crippen molar-refractivity contribution in [2.75, 3.05) is 0 Å². The molecule has 0 aliphatic carbocycles. The van der Waals surface area contributed by atoms with Crippen LogP contribution in [0.1, 0.15) is 69.5 Å². The van der Waals surface area contributed by atoms with E-state index in [2.05, 4.69) is 35.7 Å². The summed E-state index contributed by atoms with van der Waals surface area (Å²) in [5.41, 5.74) is 6.71. The maximum atomic E-state index is 14.3. The minimum Gasteiger partial charge on any atom is -0.428 e. The van der Waals surface area contributed by atoms with Crippen LogP contribution in [-0.4, -0.2) is 29.2 Å². The van der Waals surface area contributed by atoms with Gasteiger partial charge in [-0.3, -0.25) is 10.2 Å². The van der Waals surface area contributed by atoms with Gasteiger partial charge in [0.05, 0.1) is 11.5 Å². The Morgan fingerprint density at radius 1 is 1.06 bits per heavy atom. The third-order valence-electron chi connectivity index (χ3n) is 7.15. The SMILES string of the molecule is CCC(CC)N1C(=O)C(C)(CC2NNC(=O)O2)CC(c2cccc(Cl)c2)C1c1ccc(Cl)cc1. The lowest BCUT2D eigenvalue weighted by atomic mass is 9.66. The molecule has 8 heteroatoms. The van der Waals surface area contributed by atoms with E-state index in [1.807, 2.05) is 49.4 Å². The number of amides is 2. The first-order valence-corrected chi connectivity index (χ1v) is 12.6. The molecule has 34 heavy (non-hydrogen) atoms. The molecule has 4 unspecified atom stereocenters. The summed E-state index contributed by atoms with van der Waals surface area (Å²) in [6.45, 7) is 6.21. The van der Waals surface area contributed by atoms with Gasteiger partial charge in [0.15, 0.2) is 6.23 Å². The van der Waals surface area contributed by atoms with E-state index in [-0.39, 0.29) is 23.9 Å². The van der Waals surface area contributed by atoms with Crippen molar-refractivity contribution >= 4 is 35.2 Å². The molecular weight excluding hydrogens is 473 g/mol. The summed E-state index contributed by atoms with van der Waals surface area (Å²) in [7, 11) is 0. The van der Waals surface area contributed by atoms with Crippen LogP contribution in [0.15, 0.2) is 48.5 Å². The number of hydrazine groups is 1. The molecule has 2 amide bonds. The summed E-state index contributed by atoms with van der Waals surface area (Å²) in [6, 6.07) is 15.6. The normalized spacial score (nSPS) is 27.1. The van der Waals surface area contributed by atoms with Crippen molar-refractivity contribution in [3.63, 3.8) is 0 Å². The molecule has 2 aromatic rings. The van der Waals surface area contributed by atoms with Gasteiger partial charge < -0.3 is 9.64 Å². The molecule has 2 aliphatic rings. The number of carbonyl (C=O) groups is 2. The molecule has 2 aromatic carbocycles. The number of rotatable bonds is 7. The van der Waals surface area contributed by atoms with Crippen LogP contribution in [0, 0.1) is 5.41 Å². The zero-order valence-corrected chi connectivity index (χ0v) is 21.2. The minimum atomic E-state index is -0.748. The Kier molecular flexibility index (Phi) is 7.41. The highest BCUT2D eigenvalue weighted by atomic mass is 35.5. The van der Waals surface area contributed by atoms with Gasteiger partial charge in [0.2, 0.25) is 5.91 Å². The predicted molar refractivity (Wildman–Crippen MR) is 133 cm³/mol. The first kappa shape index (κ1) is 24.8. The fraction of sp³-hybridized carbons (Fsp3) is 0.462. The quantitative estimate of drug-likeness (QED) is 0.471. The Bertz CT molecular complexity index is 1040. The molecule has 2 saturated heterocycles. The Hall–Kier alpha value is -2.28. The maximum Gasteiger partial charge on any atom is 0.423 e. The number of nitrogens with one attached hydrogen (secondary N) is 2. The lowest BCUT2D eigenvalue weighted by molar-refractivity contribution is -0.157. The highest BCUT2D eigenvalue weighted by molar-refractivity contribution is 6.30. The van der Waals surface area contributed by atoms with E-state index < -0.39 is 17.7 Å². The van der Waals surface area contributed by atoms with E-state index in [4.69, 9.17) is 27.9 Å². The average Bonchev–Trinajstić information content (AvgIpc) is 3.22. The highest BCUT2D eigenvalue weighted by Crippen LogP contribution is 2.52. The number of ether oxygens (including phenoxy) is 1. The molecule has 0 spiro atoms. The Labute approximate surface area is 210 Å². The van der Waals surface area contributed by atoms with Crippen molar-refractivity contribution in [2.24, 2.45) is 5.41 Å². The van der Waals surface area contributed by atoms with Crippen molar-refractivity contribution < 1.29 is 14.3 Å². The van der Waals surface area contributed by atoms with Crippen LogP contribution in [0.4, 0.5) is 4.79 Å². The summed E-state index contributed by atoms with van der Waals surface area (Å²) < 4.78 is 5.34. The molecular formula is C26H31Cl2N3O3. The molecule has 2 fully saturated rings. The monoisotopic (exact) mass is 503 g/mol. The Morgan fingerprint density at radius 2 is 1.76 bits per heavy atom. The topological polar surface area (TPSA) is 70.7 Å². The van der Waals surface area contributed by atoms with Crippen LogP contribution in [0.5, 0.6) is 0 Å². The van der Waals surface area contributed by atoms with E-state index in [9.17, 15) is 9.59 Å². The molecule has 0 bridgehead atoms. The standard InChI is InChI=1S/C26H31Cl2N3O3/c1-4-20(5-2)31-23(16-9-11-18(27)12-10-16)21(17-7-6-8-19(28)13-17)14-26(3,24(31)32)15-22-29-30-25(33)34-22/h6-13,20-23,29H,4-5,14-15H2,1-3H3,(H,30,33). The van der Waals surface area contributed by atoms with Crippen LogP contribution in [0.3, 0.4) is 0 Å². The number of cyclic esters (lactones) is 1. The second kappa shape index (κ2) is 10.1. The van der Waals surface area contributed by atoms with Gasteiger partial charge in [-0.25, -0.2) is 4.79 Å². The van der Waals surface area contributed by atoms with E-state index >= 15 is 0 Å². The Morgan fingerprint density at radius 3 is 2.35 bits per heavy atom. The van der Waals surface area contributed by atoms with Crippen molar-refractivity contribution in [3.8, 4) is 0 Å². The summed E-state index contributed by atoms with van der Waals surface area (Å²) in [5.74, 6) is 0.0671. The highest BCUT2D eigenvalue weighted by Gasteiger charge is 2.52. The number of likely N-dealkylation sites (tertiary alicyclic amines) is 1. The second-order valence-electron chi connectivity index (χ2n) is 9.47. The van der Waals surface area contributed by atoms with Crippen LogP contribution in [0.2, 0.25) is 10.0 Å². The van der Waals surface area contributed by atoms with E-state index in [1.165, 1.54) is 0 Å². The molecule has 0 aromatic heterocycles. The summed E-state index contributed by atoms with van der Waals surface area (Å²) in [5, 5.41) is 1.32. The molecule has 2 N–H and O–H groups in total. The molecule has 0 radical (unpaired) electrons. The third-order valence-corrected chi connectivity index (χ3v) is 7.63. The predicted octanol–water partition coefficient (Wildman–Crippen LogP) is 6.21. The number of hydrogen-bond donors (Lipinski definition) is 2. The fourth-order valence-corrected chi connectivity index (χ4v) is 5.81. The smallest absolute Gasteiger partial charge is 0.423 e. The number of benzene rings is 2. The van der Waals surface area contributed by atoms with Crippen LogP contribution in [-0.2, 0) is 9.53 Å². The third kappa shape index (κ3) is 4.90. The van der Waals surface area contributed by atoms with Gasteiger partial charge in [0.1, 0.15) is 0 Å². The van der Waals surface area contributed by atoms with Gasteiger partial charge in [0.25, 0.3) is 0 Å². The molecule has 2 aliphatic heterocycles. The van der Waals surface area contributed by atoms with Gasteiger partial charge in [-0.2, -0.15) is 5.43 Å². The minimum absolute atomic E-state index is 0.00626. The molecule has 4 atom stereocenters. The first-order valence-electron chi connectivity index (χ1n) is 11.8. The van der Waals surface area contributed by atoms with Crippen LogP contribution >= 0.6 is 23.2 Å². The van der Waals surface area contributed by atoms with E-state index in [0.29, 0.717) is 22.9 Å². The van der Waals surface area contributed by atoms with E-state index in [0.717, 1.165) is 24.0 Å². The van der Waals surface area contributed by atoms with Crippen molar-refractivity contribution in [1.29, 1.82) is 0 Å². The molecule has 4 rings (SSSR count). The first-order chi connectivity index (χ1) is 16.3. The van der Waals surface area contributed by atoms with Gasteiger partial charge >= 0.3 is 6.09 Å². The van der Waals surface area contributed by atoms with Crippen molar-refractivity contribution in [3.05, 3.63) is 69.7 Å². The number of piperidine rings is 1.